The van der Waals surface area contributed by atoms with Crippen LogP contribution < -0.4 is 0 Å². The molecule has 0 atom stereocenters. The standard InChI is InChI=1S/C14H24N2O4S/c1-13(2,3)20-12(19)15-9-14(10-15,8-11(17)18)16-4-6-21-7-5-16/h4-10H2,1-3H3,(H,17,18). The lowest BCUT2D eigenvalue weighted by molar-refractivity contribution is -0.145. The van der Waals surface area contributed by atoms with Gasteiger partial charge in [-0.05, 0) is 20.8 Å². The van der Waals surface area contributed by atoms with Crippen LogP contribution in [0.4, 0.5) is 4.79 Å². The van der Waals surface area contributed by atoms with E-state index in [1.54, 1.807) is 4.90 Å². The highest BCUT2D eigenvalue weighted by atomic mass is 32.2. The SMILES string of the molecule is CC(C)(C)OC(=O)N1CC(CC(=O)O)(N2CCSCC2)C1. The average molecular weight is 316 g/mol. The normalized spacial score (nSPS) is 22.5. The van der Waals surface area contributed by atoms with E-state index in [1.165, 1.54) is 0 Å². The summed E-state index contributed by atoms with van der Waals surface area (Å²) in [6, 6.07) is 0. The summed E-state index contributed by atoms with van der Waals surface area (Å²) in [6.07, 6.45) is -0.272. The molecule has 2 aliphatic heterocycles. The van der Waals surface area contributed by atoms with Crippen molar-refractivity contribution in [3.8, 4) is 0 Å². The third kappa shape index (κ3) is 4.03. The summed E-state index contributed by atoms with van der Waals surface area (Å²) >= 11 is 1.89. The number of likely N-dealkylation sites (tertiary alicyclic amines) is 1. The van der Waals surface area contributed by atoms with Gasteiger partial charge in [0.2, 0.25) is 0 Å². The van der Waals surface area contributed by atoms with Gasteiger partial charge < -0.3 is 14.7 Å². The smallest absolute Gasteiger partial charge is 0.410 e. The van der Waals surface area contributed by atoms with Gasteiger partial charge in [0.15, 0.2) is 0 Å². The maximum absolute atomic E-state index is 12.0. The fraction of sp³-hybridized carbons (Fsp3) is 0.857. The van der Waals surface area contributed by atoms with Crippen LogP contribution in [0.3, 0.4) is 0 Å². The van der Waals surface area contributed by atoms with E-state index in [1.807, 2.05) is 32.5 Å². The Balaban J connectivity index is 1.99. The van der Waals surface area contributed by atoms with E-state index in [9.17, 15) is 14.7 Å². The number of thioether (sulfide) groups is 1. The van der Waals surface area contributed by atoms with Gasteiger partial charge in [0, 0.05) is 37.7 Å². The molecule has 0 aliphatic carbocycles. The van der Waals surface area contributed by atoms with Gasteiger partial charge in [-0.25, -0.2) is 4.79 Å². The number of rotatable bonds is 3. The topological polar surface area (TPSA) is 70.1 Å². The Bertz CT molecular complexity index is 410. The molecule has 1 N–H and O–H groups in total. The lowest BCUT2D eigenvalue weighted by atomic mass is 9.84. The van der Waals surface area contributed by atoms with E-state index >= 15 is 0 Å². The highest BCUT2D eigenvalue weighted by Gasteiger charge is 2.51. The van der Waals surface area contributed by atoms with Crippen LogP contribution in [-0.4, -0.2) is 75.8 Å². The zero-order valence-corrected chi connectivity index (χ0v) is 13.7. The predicted molar refractivity (Wildman–Crippen MR) is 81.7 cm³/mol. The van der Waals surface area contributed by atoms with E-state index in [-0.39, 0.29) is 12.5 Å². The quantitative estimate of drug-likeness (QED) is 0.851. The van der Waals surface area contributed by atoms with Crippen LogP contribution in [0.5, 0.6) is 0 Å². The molecule has 2 aliphatic rings. The van der Waals surface area contributed by atoms with E-state index in [0.29, 0.717) is 13.1 Å². The van der Waals surface area contributed by atoms with Gasteiger partial charge in [0.25, 0.3) is 0 Å². The van der Waals surface area contributed by atoms with Gasteiger partial charge in [-0.3, -0.25) is 9.69 Å². The summed E-state index contributed by atoms with van der Waals surface area (Å²) in [7, 11) is 0. The molecule has 6 nitrogen and oxygen atoms in total. The number of hydrogen-bond acceptors (Lipinski definition) is 5. The Kier molecular flexibility index (Phi) is 4.72. The van der Waals surface area contributed by atoms with Crippen LogP contribution in [0.1, 0.15) is 27.2 Å². The molecule has 0 bridgehead atoms. The van der Waals surface area contributed by atoms with Crippen LogP contribution in [0.2, 0.25) is 0 Å². The Labute approximate surface area is 129 Å². The van der Waals surface area contributed by atoms with E-state index in [4.69, 9.17) is 4.74 Å². The second-order valence-electron chi connectivity index (χ2n) is 6.73. The first-order chi connectivity index (χ1) is 9.72. The van der Waals surface area contributed by atoms with Gasteiger partial charge >= 0.3 is 12.1 Å². The van der Waals surface area contributed by atoms with Crippen LogP contribution >= 0.6 is 11.8 Å². The maximum Gasteiger partial charge on any atom is 0.410 e. The second kappa shape index (κ2) is 6.04. The maximum atomic E-state index is 12.0. The van der Waals surface area contributed by atoms with Crippen molar-refractivity contribution in [2.45, 2.75) is 38.3 Å². The third-order valence-electron chi connectivity index (χ3n) is 3.78. The Morgan fingerprint density at radius 2 is 1.81 bits per heavy atom. The number of nitrogens with zero attached hydrogens (tertiary/aromatic N) is 2. The average Bonchev–Trinajstić information content (AvgIpc) is 2.31. The lowest BCUT2D eigenvalue weighted by Crippen LogP contribution is -2.73. The van der Waals surface area contributed by atoms with Gasteiger partial charge in [-0.1, -0.05) is 0 Å². The number of amides is 1. The molecule has 0 aromatic rings. The zero-order chi connectivity index (χ0) is 15.7. The minimum Gasteiger partial charge on any atom is -0.481 e. The first-order valence-electron chi connectivity index (χ1n) is 7.24. The van der Waals surface area contributed by atoms with Gasteiger partial charge in [0.05, 0.1) is 12.0 Å². The zero-order valence-electron chi connectivity index (χ0n) is 12.9. The summed E-state index contributed by atoms with van der Waals surface area (Å²) in [6.45, 7) is 8.16. The van der Waals surface area contributed by atoms with E-state index in [2.05, 4.69) is 4.90 Å². The van der Waals surface area contributed by atoms with Crippen molar-refractivity contribution in [3.05, 3.63) is 0 Å². The number of carboxylic acid groups (broad SMARTS) is 1. The van der Waals surface area contributed by atoms with Crippen molar-refractivity contribution < 1.29 is 19.4 Å². The number of ether oxygens (including phenoxy) is 1. The van der Waals surface area contributed by atoms with Crippen molar-refractivity contribution in [1.29, 1.82) is 0 Å². The summed E-state index contributed by atoms with van der Waals surface area (Å²) in [5, 5.41) is 9.19. The summed E-state index contributed by atoms with van der Waals surface area (Å²) < 4.78 is 5.34. The molecule has 7 heteroatoms. The highest BCUT2D eigenvalue weighted by molar-refractivity contribution is 7.99. The Hall–Kier alpha value is -0.950. The largest absolute Gasteiger partial charge is 0.481 e. The summed E-state index contributed by atoms with van der Waals surface area (Å²) in [5.41, 5.74) is -0.937. The monoisotopic (exact) mass is 316 g/mol. The number of carbonyl (C=O) groups is 2. The van der Waals surface area contributed by atoms with Gasteiger partial charge in [-0.15, -0.1) is 0 Å². The molecule has 0 saturated carbocycles. The summed E-state index contributed by atoms with van der Waals surface area (Å²) in [5.74, 6) is 1.23. The molecular weight excluding hydrogens is 292 g/mol. The Morgan fingerprint density at radius 3 is 2.29 bits per heavy atom. The molecule has 0 spiro atoms. The molecule has 2 rings (SSSR count). The molecule has 0 unspecified atom stereocenters. The molecule has 2 fully saturated rings. The fourth-order valence-corrected chi connectivity index (χ4v) is 3.77. The number of hydrogen-bond donors (Lipinski definition) is 1. The molecule has 0 radical (unpaired) electrons. The molecule has 21 heavy (non-hydrogen) atoms. The van der Waals surface area contributed by atoms with Gasteiger partial charge in [-0.2, -0.15) is 11.8 Å². The number of carboxylic acids is 1. The molecule has 2 saturated heterocycles. The first kappa shape index (κ1) is 16.4. The van der Waals surface area contributed by atoms with Crippen LogP contribution in [0.15, 0.2) is 0 Å². The Morgan fingerprint density at radius 1 is 1.24 bits per heavy atom. The predicted octanol–water partition coefficient (Wildman–Crippen LogP) is 1.50. The minimum absolute atomic E-state index is 0.0803. The van der Waals surface area contributed by atoms with E-state index in [0.717, 1.165) is 24.6 Å². The fourth-order valence-electron chi connectivity index (χ4n) is 2.86. The van der Waals surface area contributed by atoms with Gasteiger partial charge in [0.1, 0.15) is 5.60 Å². The minimum atomic E-state index is -0.808. The number of aliphatic carboxylic acids is 1. The molecule has 120 valence electrons. The molecule has 0 aromatic carbocycles. The molecule has 1 amide bonds. The third-order valence-corrected chi connectivity index (χ3v) is 4.73. The van der Waals surface area contributed by atoms with E-state index < -0.39 is 17.1 Å². The van der Waals surface area contributed by atoms with Crippen molar-refractivity contribution in [2.75, 3.05) is 37.7 Å². The van der Waals surface area contributed by atoms with Crippen LogP contribution in [-0.2, 0) is 9.53 Å². The summed E-state index contributed by atoms with van der Waals surface area (Å²) in [4.78, 5) is 27.1. The van der Waals surface area contributed by atoms with Crippen LogP contribution in [0.25, 0.3) is 0 Å². The van der Waals surface area contributed by atoms with Crippen molar-refractivity contribution >= 4 is 23.8 Å². The molecule has 0 aromatic heterocycles. The van der Waals surface area contributed by atoms with Crippen molar-refractivity contribution in [2.24, 2.45) is 0 Å². The number of carbonyl (C=O) groups excluding carboxylic acids is 1. The molecular formula is C14H24N2O4S. The highest BCUT2D eigenvalue weighted by Crippen LogP contribution is 2.34. The van der Waals surface area contributed by atoms with Crippen molar-refractivity contribution in [3.63, 3.8) is 0 Å². The van der Waals surface area contributed by atoms with Crippen LogP contribution in [0, 0.1) is 0 Å². The lowest BCUT2D eigenvalue weighted by Gasteiger charge is -2.55. The first-order valence-corrected chi connectivity index (χ1v) is 8.40. The van der Waals surface area contributed by atoms with Crippen molar-refractivity contribution in [1.82, 2.24) is 9.80 Å². The second-order valence-corrected chi connectivity index (χ2v) is 7.96. The molecule has 2 heterocycles.